The van der Waals surface area contributed by atoms with Gasteiger partial charge in [-0.3, -0.25) is 4.79 Å². The van der Waals surface area contributed by atoms with E-state index in [1.165, 1.54) is 13.1 Å². The zero-order valence-corrected chi connectivity index (χ0v) is 13.2. The molecule has 0 fully saturated rings. The molecule has 1 aromatic carbocycles. The highest BCUT2D eigenvalue weighted by molar-refractivity contribution is 9.10. The van der Waals surface area contributed by atoms with E-state index in [1.54, 1.807) is 0 Å². The summed E-state index contributed by atoms with van der Waals surface area (Å²) in [6.07, 6.45) is -10.0. The van der Waals surface area contributed by atoms with Crippen LogP contribution in [0, 0.1) is 5.92 Å². The van der Waals surface area contributed by atoms with Gasteiger partial charge in [0, 0.05) is 29.2 Å². The van der Waals surface area contributed by atoms with Crippen LogP contribution in [0.1, 0.15) is 17.5 Å². The molecule has 0 bridgehead atoms. The first-order chi connectivity index (χ1) is 10.4. The molecule has 0 radical (unpaired) electrons. The summed E-state index contributed by atoms with van der Waals surface area (Å²) in [5.41, 5.74) is -1.63. The molecule has 1 unspecified atom stereocenters. The van der Waals surface area contributed by atoms with Crippen LogP contribution in [0.15, 0.2) is 28.4 Å². The predicted molar refractivity (Wildman–Crippen MR) is 74.3 cm³/mol. The maximum atomic E-state index is 12.9. The van der Waals surface area contributed by atoms with E-state index >= 15 is 0 Å². The quantitative estimate of drug-likeness (QED) is 0.736. The lowest BCUT2D eigenvalue weighted by Crippen LogP contribution is -2.28. The molecule has 0 aromatic heterocycles. The first kappa shape index (κ1) is 17.8. The predicted octanol–water partition coefficient (Wildman–Crippen LogP) is 4.55. The summed E-state index contributed by atoms with van der Waals surface area (Å²) < 4.78 is 77.3. The van der Waals surface area contributed by atoms with Gasteiger partial charge >= 0.3 is 12.4 Å². The standard InChI is InChI=1S/C14H10BrF6NO/c1-22-10-5-9(14(19,20)21)12(23)11(10)6-2-7(13(16,17)18)4-8(15)3-6/h2-4,9,22H,5H2,1H3. The molecule has 1 aliphatic carbocycles. The Labute approximate surface area is 135 Å². The Morgan fingerprint density at radius 1 is 1.13 bits per heavy atom. The summed E-state index contributed by atoms with van der Waals surface area (Å²) in [6, 6.07) is 2.66. The number of benzene rings is 1. The van der Waals surface area contributed by atoms with Crippen LogP contribution in [-0.4, -0.2) is 19.0 Å². The Hall–Kier alpha value is -1.51. The number of nitrogens with one attached hydrogen (secondary N) is 1. The van der Waals surface area contributed by atoms with E-state index in [-0.39, 0.29) is 21.3 Å². The van der Waals surface area contributed by atoms with Gasteiger partial charge in [0.05, 0.1) is 5.56 Å². The number of allylic oxidation sites excluding steroid dienone is 2. The average Bonchev–Trinajstić information content (AvgIpc) is 2.73. The molecule has 23 heavy (non-hydrogen) atoms. The van der Waals surface area contributed by atoms with Gasteiger partial charge in [-0.15, -0.1) is 0 Å². The van der Waals surface area contributed by atoms with Crippen LogP contribution in [0.5, 0.6) is 0 Å². The molecule has 2 rings (SSSR count). The van der Waals surface area contributed by atoms with Gasteiger partial charge in [-0.05, 0) is 23.8 Å². The van der Waals surface area contributed by atoms with Crippen LogP contribution in [0.3, 0.4) is 0 Å². The summed E-state index contributed by atoms with van der Waals surface area (Å²) in [4.78, 5) is 12.1. The third-order valence-corrected chi connectivity index (χ3v) is 3.94. The summed E-state index contributed by atoms with van der Waals surface area (Å²) in [5, 5.41) is 2.48. The first-order valence-corrected chi connectivity index (χ1v) is 7.14. The molecule has 1 aliphatic rings. The van der Waals surface area contributed by atoms with Crippen LogP contribution >= 0.6 is 15.9 Å². The number of rotatable bonds is 2. The van der Waals surface area contributed by atoms with Crippen molar-refractivity contribution in [1.29, 1.82) is 0 Å². The van der Waals surface area contributed by atoms with Crippen molar-refractivity contribution in [1.82, 2.24) is 5.32 Å². The highest BCUT2D eigenvalue weighted by atomic mass is 79.9. The maximum Gasteiger partial charge on any atom is 0.416 e. The highest BCUT2D eigenvalue weighted by Gasteiger charge is 2.50. The topological polar surface area (TPSA) is 29.1 Å². The van der Waals surface area contributed by atoms with Crippen LogP contribution in [0.2, 0.25) is 0 Å². The largest absolute Gasteiger partial charge is 0.416 e. The smallest absolute Gasteiger partial charge is 0.391 e. The molecule has 0 heterocycles. The minimum absolute atomic E-state index is 0.0218. The lowest BCUT2D eigenvalue weighted by Gasteiger charge is -2.14. The van der Waals surface area contributed by atoms with Crippen molar-refractivity contribution in [2.24, 2.45) is 5.92 Å². The van der Waals surface area contributed by atoms with Gasteiger partial charge in [-0.1, -0.05) is 15.9 Å². The van der Waals surface area contributed by atoms with Crippen LogP contribution in [-0.2, 0) is 11.0 Å². The monoisotopic (exact) mass is 401 g/mol. The SMILES string of the molecule is CNC1=C(c2cc(Br)cc(C(F)(F)F)c2)C(=O)C(C(F)(F)F)C1. The third-order valence-electron chi connectivity index (χ3n) is 3.48. The van der Waals surface area contributed by atoms with Gasteiger partial charge in [-0.25, -0.2) is 0 Å². The average molecular weight is 402 g/mol. The van der Waals surface area contributed by atoms with Crippen LogP contribution in [0.4, 0.5) is 26.3 Å². The molecule has 1 N–H and O–H groups in total. The van der Waals surface area contributed by atoms with E-state index in [4.69, 9.17) is 0 Å². The minimum Gasteiger partial charge on any atom is -0.391 e. The normalized spacial score (nSPS) is 19.5. The van der Waals surface area contributed by atoms with E-state index < -0.39 is 36.0 Å². The molecular weight excluding hydrogens is 392 g/mol. The fourth-order valence-electron chi connectivity index (χ4n) is 2.43. The Morgan fingerprint density at radius 2 is 1.74 bits per heavy atom. The second-order valence-electron chi connectivity index (χ2n) is 4.99. The summed E-state index contributed by atoms with van der Waals surface area (Å²) in [5.74, 6) is -3.47. The van der Waals surface area contributed by atoms with Gasteiger partial charge < -0.3 is 5.32 Å². The fraction of sp³-hybridized carbons (Fsp3) is 0.357. The fourth-order valence-corrected chi connectivity index (χ4v) is 2.92. The van der Waals surface area contributed by atoms with Crippen molar-refractivity contribution < 1.29 is 31.1 Å². The third kappa shape index (κ3) is 3.54. The van der Waals surface area contributed by atoms with E-state index in [2.05, 4.69) is 21.2 Å². The maximum absolute atomic E-state index is 12.9. The van der Waals surface area contributed by atoms with Crippen molar-refractivity contribution in [3.8, 4) is 0 Å². The second kappa shape index (κ2) is 5.85. The van der Waals surface area contributed by atoms with E-state index in [0.29, 0.717) is 6.07 Å². The molecular formula is C14H10BrF6NO. The Bertz CT molecular complexity index is 677. The molecule has 0 spiro atoms. The molecule has 126 valence electrons. The Morgan fingerprint density at radius 3 is 2.22 bits per heavy atom. The van der Waals surface area contributed by atoms with Gasteiger partial charge in [-0.2, -0.15) is 26.3 Å². The van der Waals surface area contributed by atoms with Crippen molar-refractivity contribution in [2.45, 2.75) is 18.8 Å². The lowest BCUT2D eigenvalue weighted by molar-refractivity contribution is -0.176. The zero-order chi connectivity index (χ0) is 17.6. The summed E-state index contributed by atoms with van der Waals surface area (Å²) in [6.45, 7) is 0. The van der Waals surface area contributed by atoms with E-state index in [0.717, 1.165) is 6.07 Å². The van der Waals surface area contributed by atoms with Gasteiger partial charge in [0.15, 0.2) is 5.78 Å². The van der Waals surface area contributed by atoms with Crippen LogP contribution in [0.25, 0.3) is 5.57 Å². The molecule has 0 amide bonds. The molecule has 1 aromatic rings. The molecule has 9 heteroatoms. The molecule has 0 aliphatic heterocycles. The van der Waals surface area contributed by atoms with E-state index in [1.807, 2.05) is 0 Å². The molecule has 0 saturated carbocycles. The number of hydrogen-bond donors (Lipinski definition) is 1. The number of halogens is 7. The van der Waals surface area contributed by atoms with Crippen molar-refractivity contribution in [3.63, 3.8) is 0 Å². The number of carbonyl (C=O) groups excluding carboxylic acids is 1. The van der Waals surface area contributed by atoms with Gasteiger partial charge in [0.2, 0.25) is 0 Å². The number of ketones is 1. The van der Waals surface area contributed by atoms with Gasteiger partial charge in [0.1, 0.15) is 5.92 Å². The van der Waals surface area contributed by atoms with Crippen molar-refractivity contribution >= 4 is 27.3 Å². The lowest BCUT2D eigenvalue weighted by atomic mass is 9.97. The first-order valence-electron chi connectivity index (χ1n) is 6.35. The number of alkyl halides is 6. The highest BCUT2D eigenvalue weighted by Crippen LogP contribution is 2.43. The number of hydrogen-bond acceptors (Lipinski definition) is 2. The minimum atomic E-state index is -4.75. The second-order valence-corrected chi connectivity index (χ2v) is 5.91. The summed E-state index contributed by atoms with van der Waals surface area (Å²) >= 11 is 2.89. The summed E-state index contributed by atoms with van der Waals surface area (Å²) in [7, 11) is 1.32. The van der Waals surface area contributed by atoms with E-state index in [9.17, 15) is 31.1 Å². The van der Waals surface area contributed by atoms with Gasteiger partial charge in [0.25, 0.3) is 0 Å². The van der Waals surface area contributed by atoms with Crippen molar-refractivity contribution in [2.75, 3.05) is 7.05 Å². The van der Waals surface area contributed by atoms with Crippen molar-refractivity contribution in [3.05, 3.63) is 39.5 Å². The van der Waals surface area contributed by atoms with Crippen LogP contribution < -0.4 is 5.32 Å². The number of carbonyl (C=O) groups is 1. The Balaban J connectivity index is 2.56. The zero-order valence-electron chi connectivity index (χ0n) is 11.6. The Kier molecular flexibility index (Phi) is 4.53. The number of Topliss-reactive ketones (excluding diaryl/α,β-unsaturated/α-hetero) is 1. The molecule has 2 nitrogen and oxygen atoms in total. The molecule has 0 saturated heterocycles. The molecule has 1 atom stereocenters.